The number of hydrogen-bond donors (Lipinski definition) is 1. The summed E-state index contributed by atoms with van der Waals surface area (Å²) >= 11 is 0. The highest BCUT2D eigenvalue weighted by Crippen LogP contribution is 2.33. The molecule has 1 N–H and O–H groups in total. The number of aromatic nitrogens is 2. The van der Waals surface area contributed by atoms with Crippen LogP contribution in [0, 0.1) is 6.92 Å². The fraction of sp³-hybridized carbons (Fsp3) is 0.312. The molecule has 5 heteroatoms. The van der Waals surface area contributed by atoms with Gasteiger partial charge in [-0.05, 0) is 32.0 Å². The average Bonchev–Trinajstić information content (AvgIpc) is 3.08. The zero-order valence-electron chi connectivity index (χ0n) is 12.3. The van der Waals surface area contributed by atoms with E-state index in [0.717, 1.165) is 16.5 Å². The number of aryl methyl sites for hydroxylation is 2. The summed E-state index contributed by atoms with van der Waals surface area (Å²) in [5, 5.41) is 15.8. The Balaban J connectivity index is 2.07. The number of furan rings is 1. The van der Waals surface area contributed by atoms with Crippen molar-refractivity contribution in [2.45, 2.75) is 26.5 Å². The van der Waals surface area contributed by atoms with E-state index in [1.165, 1.54) is 0 Å². The Morgan fingerprint density at radius 2 is 2.19 bits per heavy atom. The lowest BCUT2D eigenvalue weighted by Gasteiger charge is -2.11. The second-order valence-corrected chi connectivity index (χ2v) is 5.01. The molecule has 0 aliphatic carbocycles. The largest absolute Gasteiger partial charge is 0.493 e. The van der Waals surface area contributed by atoms with E-state index >= 15 is 0 Å². The molecule has 21 heavy (non-hydrogen) atoms. The van der Waals surface area contributed by atoms with Crippen molar-refractivity contribution in [1.82, 2.24) is 9.78 Å². The summed E-state index contributed by atoms with van der Waals surface area (Å²) < 4.78 is 12.7. The molecule has 1 atom stereocenters. The van der Waals surface area contributed by atoms with E-state index < -0.39 is 6.10 Å². The van der Waals surface area contributed by atoms with Crippen molar-refractivity contribution < 1.29 is 14.3 Å². The molecular formula is C16H18N2O3. The molecule has 3 rings (SSSR count). The van der Waals surface area contributed by atoms with E-state index in [0.29, 0.717) is 23.7 Å². The lowest BCUT2D eigenvalue weighted by atomic mass is 10.1. The van der Waals surface area contributed by atoms with Gasteiger partial charge in [-0.3, -0.25) is 4.68 Å². The molecule has 0 fully saturated rings. The van der Waals surface area contributed by atoms with Crippen molar-refractivity contribution in [2.75, 3.05) is 7.11 Å². The number of methoxy groups -OCH3 is 1. The first-order valence-electron chi connectivity index (χ1n) is 6.92. The minimum Gasteiger partial charge on any atom is -0.493 e. The predicted molar refractivity (Wildman–Crippen MR) is 79.5 cm³/mol. The van der Waals surface area contributed by atoms with E-state index in [-0.39, 0.29) is 0 Å². The number of rotatable bonds is 4. The van der Waals surface area contributed by atoms with Gasteiger partial charge in [0.1, 0.15) is 17.0 Å². The van der Waals surface area contributed by atoms with Crippen LogP contribution in [0.25, 0.3) is 11.0 Å². The van der Waals surface area contributed by atoms with Gasteiger partial charge in [-0.25, -0.2) is 0 Å². The van der Waals surface area contributed by atoms with Crippen LogP contribution in [0.2, 0.25) is 0 Å². The molecular weight excluding hydrogens is 268 g/mol. The molecule has 2 heterocycles. The standard InChI is InChI=1S/C16H18N2O3/c1-4-18-15(14(20-3)9-17-18)16(19)13-8-11-7-10(2)5-6-12(11)21-13/h5-9,16,19H,4H2,1-3H3. The normalized spacial score (nSPS) is 12.8. The van der Waals surface area contributed by atoms with E-state index in [9.17, 15) is 5.11 Å². The van der Waals surface area contributed by atoms with Crippen LogP contribution in [0.4, 0.5) is 0 Å². The number of ether oxygens (including phenoxy) is 1. The molecule has 0 saturated heterocycles. The lowest BCUT2D eigenvalue weighted by molar-refractivity contribution is 0.177. The molecule has 1 aromatic carbocycles. The summed E-state index contributed by atoms with van der Waals surface area (Å²) in [5.41, 5.74) is 2.52. The van der Waals surface area contributed by atoms with Gasteiger partial charge in [0.05, 0.1) is 13.3 Å². The maximum Gasteiger partial charge on any atom is 0.163 e. The molecule has 5 nitrogen and oxygen atoms in total. The Labute approximate surface area is 122 Å². The third-order valence-electron chi connectivity index (χ3n) is 3.58. The van der Waals surface area contributed by atoms with Gasteiger partial charge in [-0.15, -0.1) is 0 Å². The Bertz CT molecular complexity index is 752. The molecule has 0 radical (unpaired) electrons. The van der Waals surface area contributed by atoms with Crippen LogP contribution in [0.5, 0.6) is 5.75 Å². The van der Waals surface area contributed by atoms with Crippen molar-refractivity contribution >= 4 is 11.0 Å². The van der Waals surface area contributed by atoms with Gasteiger partial charge in [0.25, 0.3) is 0 Å². The predicted octanol–water partition coefficient (Wildman–Crippen LogP) is 3.05. The summed E-state index contributed by atoms with van der Waals surface area (Å²) in [7, 11) is 1.56. The van der Waals surface area contributed by atoms with Gasteiger partial charge in [-0.2, -0.15) is 5.10 Å². The zero-order valence-corrected chi connectivity index (χ0v) is 12.3. The number of fused-ring (bicyclic) bond motifs is 1. The van der Waals surface area contributed by atoms with Crippen molar-refractivity contribution in [1.29, 1.82) is 0 Å². The second kappa shape index (κ2) is 5.26. The molecule has 0 bridgehead atoms. The van der Waals surface area contributed by atoms with Gasteiger partial charge in [0.15, 0.2) is 11.9 Å². The molecule has 0 aliphatic rings. The van der Waals surface area contributed by atoms with E-state index in [1.807, 2.05) is 38.1 Å². The summed E-state index contributed by atoms with van der Waals surface area (Å²) in [6, 6.07) is 7.79. The summed E-state index contributed by atoms with van der Waals surface area (Å²) in [6.45, 7) is 4.64. The minimum atomic E-state index is -0.907. The molecule has 0 spiro atoms. The van der Waals surface area contributed by atoms with Gasteiger partial charge >= 0.3 is 0 Å². The fourth-order valence-corrected chi connectivity index (χ4v) is 2.52. The molecule has 1 unspecified atom stereocenters. The number of hydrogen-bond acceptors (Lipinski definition) is 4. The van der Waals surface area contributed by atoms with Gasteiger partial charge in [0.2, 0.25) is 0 Å². The average molecular weight is 286 g/mol. The van der Waals surface area contributed by atoms with Crippen molar-refractivity contribution in [3.05, 3.63) is 47.5 Å². The number of benzene rings is 1. The Kier molecular flexibility index (Phi) is 3.43. The van der Waals surface area contributed by atoms with Gasteiger partial charge in [0, 0.05) is 11.9 Å². The maximum atomic E-state index is 10.6. The quantitative estimate of drug-likeness (QED) is 0.800. The Morgan fingerprint density at radius 1 is 1.38 bits per heavy atom. The summed E-state index contributed by atoms with van der Waals surface area (Å²) in [5.74, 6) is 1.05. The minimum absolute atomic E-state index is 0.490. The van der Waals surface area contributed by atoms with Crippen molar-refractivity contribution in [3.63, 3.8) is 0 Å². The second-order valence-electron chi connectivity index (χ2n) is 5.01. The van der Waals surface area contributed by atoms with Crippen molar-refractivity contribution in [3.8, 4) is 5.75 Å². The summed E-state index contributed by atoms with van der Waals surface area (Å²) in [4.78, 5) is 0. The SMILES string of the molecule is CCn1ncc(OC)c1C(O)c1cc2cc(C)ccc2o1. The van der Waals surface area contributed by atoms with E-state index in [1.54, 1.807) is 18.0 Å². The molecule has 0 aliphatic heterocycles. The first kappa shape index (κ1) is 13.7. The lowest BCUT2D eigenvalue weighted by Crippen LogP contribution is -2.09. The highest BCUT2D eigenvalue weighted by atomic mass is 16.5. The topological polar surface area (TPSA) is 60.4 Å². The number of nitrogens with zero attached hydrogens (tertiary/aromatic N) is 2. The third-order valence-corrected chi connectivity index (χ3v) is 3.58. The maximum absolute atomic E-state index is 10.6. The van der Waals surface area contributed by atoms with Crippen LogP contribution in [0.1, 0.15) is 30.0 Å². The highest BCUT2D eigenvalue weighted by Gasteiger charge is 2.24. The monoisotopic (exact) mass is 286 g/mol. The Hall–Kier alpha value is -2.27. The number of aliphatic hydroxyl groups excluding tert-OH is 1. The molecule has 110 valence electrons. The van der Waals surface area contributed by atoms with Crippen LogP contribution in [0.3, 0.4) is 0 Å². The van der Waals surface area contributed by atoms with Crippen LogP contribution in [-0.4, -0.2) is 22.0 Å². The fourth-order valence-electron chi connectivity index (χ4n) is 2.52. The highest BCUT2D eigenvalue weighted by molar-refractivity contribution is 5.78. The van der Waals surface area contributed by atoms with Crippen LogP contribution >= 0.6 is 0 Å². The Morgan fingerprint density at radius 3 is 2.90 bits per heavy atom. The molecule has 0 saturated carbocycles. The number of aliphatic hydroxyl groups is 1. The first-order valence-corrected chi connectivity index (χ1v) is 6.92. The zero-order chi connectivity index (χ0) is 15.0. The van der Waals surface area contributed by atoms with Crippen molar-refractivity contribution in [2.24, 2.45) is 0 Å². The smallest absolute Gasteiger partial charge is 0.163 e. The summed E-state index contributed by atoms with van der Waals surface area (Å²) in [6.07, 6.45) is 0.699. The molecule has 0 amide bonds. The first-order chi connectivity index (χ1) is 10.1. The molecule has 2 aromatic heterocycles. The van der Waals surface area contributed by atoms with E-state index in [2.05, 4.69) is 5.10 Å². The van der Waals surface area contributed by atoms with Gasteiger partial charge in [-0.1, -0.05) is 11.6 Å². The van der Waals surface area contributed by atoms with Crippen LogP contribution in [0.15, 0.2) is 34.9 Å². The van der Waals surface area contributed by atoms with Gasteiger partial charge < -0.3 is 14.3 Å². The van der Waals surface area contributed by atoms with Crippen LogP contribution in [-0.2, 0) is 6.54 Å². The third kappa shape index (κ3) is 2.29. The van der Waals surface area contributed by atoms with Crippen LogP contribution < -0.4 is 4.74 Å². The van der Waals surface area contributed by atoms with E-state index in [4.69, 9.17) is 9.15 Å². The molecule has 3 aromatic rings.